The molecule has 0 spiro atoms. The number of benzene rings is 2. The van der Waals surface area contributed by atoms with Crippen LogP contribution in [0.2, 0.25) is 0 Å². The summed E-state index contributed by atoms with van der Waals surface area (Å²) in [4.78, 5) is 2.25. The first kappa shape index (κ1) is 14.9. The zero-order chi connectivity index (χ0) is 14.7. The molecule has 0 aliphatic heterocycles. The molecule has 1 atom stereocenters. The normalized spacial score (nSPS) is 11.2. The van der Waals surface area contributed by atoms with Crippen LogP contribution >= 0.6 is 8.58 Å². The summed E-state index contributed by atoms with van der Waals surface area (Å²) in [7, 11) is 2.58. The SMILES string of the molecule is CCN(C)c1cccc(C)c1Pc1cc(C)ccc1O. The number of rotatable bonds is 4. The molecular weight excluding hydrogens is 265 g/mol. The van der Waals surface area contributed by atoms with Crippen LogP contribution in [0, 0.1) is 13.8 Å². The predicted octanol–water partition coefficient (Wildman–Crippen LogP) is 3.09. The summed E-state index contributed by atoms with van der Waals surface area (Å²) in [5.74, 6) is 0.391. The van der Waals surface area contributed by atoms with Gasteiger partial charge in [0, 0.05) is 29.9 Å². The summed E-state index contributed by atoms with van der Waals surface area (Å²) < 4.78 is 0. The van der Waals surface area contributed by atoms with Crippen LogP contribution in [0.25, 0.3) is 0 Å². The second kappa shape index (κ2) is 6.28. The maximum Gasteiger partial charge on any atom is 0.123 e. The van der Waals surface area contributed by atoms with Crippen LogP contribution in [0.1, 0.15) is 18.1 Å². The highest BCUT2D eigenvalue weighted by Gasteiger charge is 2.11. The highest BCUT2D eigenvalue weighted by Crippen LogP contribution is 2.26. The summed E-state index contributed by atoms with van der Waals surface area (Å²) in [6, 6.07) is 12.2. The zero-order valence-corrected chi connectivity index (χ0v) is 13.6. The molecule has 0 amide bonds. The number of aryl methyl sites for hydroxylation is 2. The zero-order valence-electron chi connectivity index (χ0n) is 12.6. The van der Waals surface area contributed by atoms with Gasteiger partial charge in [0.05, 0.1) is 0 Å². The third-order valence-electron chi connectivity index (χ3n) is 3.55. The molecule has 0 aliphatic rings. The van der Waals surface area contributed by atoms with Crippen molar-refractivity contribution in [1.29, 1.82) is 0 Å². The van der Waals surface area contributed by atoms with Crippen LogP contribution in [0.5, 0.6) is 5.75 Å². The summed E-state index contributed by atoms with van der Waals surface area (Å²) >= 11 is 0. The lowest BCUT2D eigenvalue weighted by Gasteiger charge is -2.22. The average molecular weight is 287 g/mol. The fourth-order valence-corrected chi connectivity index (χ4v) is 3.65. The minimum Gasteiger partial charge on any atom is -0.507 e. The molecule has 3 heteroatoms. The fourth-order valence-electron chi connectivity index (χ4n) is 2.19. The molecule has 1 unspecified atom stereocenters. The molecule has 0 saturated carbocycles. The van der Waals surface area contributed by atoms with E-state index >= 15 is 0 Å². The topological polar surface area (TPSA) is 23.5 Å². The molecule has 0 bridgehead atoms. The Hall–Kier alpha value is -1.53. The lowest BCUT2D eigenvalue weighted by Crippen LogP contribution is -2.23. The Morgan fingerprint density at radius 2 is 1.90 bits per heavy atom. The second-order valence-corrected chi connectivity index (χ2v) is 6.42. The molecule has 106 valence electrons. The van der Waals surface area contributed by atoms with E-state index in [1.807, 2.05) is 6.07 Å². The highest BCUT2D eigenvalue weighted by atomic mass is 31.1. The Balaban J connectivity index is 2.45. The summed E-state index contributed by atoms with van der Waals surface area (Å²) in [5, 5.41) is 12.4. The summed E-state index contributed by atoms with van der Waals surface area (Å²) in [6.07, 6.45) is 0. The van der Waals surface area contributed by atoms with Gasteiger partial charge < -0.3 is 10.0 Å². The van der Waals surface area contributed by atoms with Gasteiger partial charge in [-0.25, -0.2) is 0 Å². The van der Waals surface area contributed by atoms with Crippen molar-refractivity contribution in [2.24, 2.45) is 0 Å². The van der Waals surface area contributed by atoms with E-state index in [0.29, 0.717) is 14.3 Å². The van der Waals surface area contributed by atoms with Crippen molar-refractivity contribution in [2.75, 3.05) is 18.5 Å². The predicted molar refractivity (Wildman–Crippen MR) is 90.5 cm³/mol. The lowest BCUT2D eigenvalue weighted by atomic mass is 10.2. The summed E-state index contributed by atoms with van der Waals surface area (Å²) in [6.45, 7) is 7.33. The monoisotopic (exact) mass is 287 g/mol. The van der Waals surface area contributed by atoms with E-state index in [1.165, 1.54) is 22.1 Å². The van der Waals surface area contributed by atoms with Gasteiger partial charge in [0.15, 0.2) is 0 Å². The van der Waals surface area contributed by atoms with E-state index in [2.05, 4.69) is 57.0 Å². The van der Waals surface area contributed by atoms with Crippen molar-refractivity contribution >= 4 is 24.9 Å². The van der Waals surface area contributed by atoms with E-state index in [-0.39, 0.29) is 0 Å². The third kappa shape index (κ3) is 3.13. The van der Waals surface area contributed by atoms with Gasteiger partial charge in [0.2, 0.25) is 0 Å². The number of nitrogens with zero attached hydrogens (tertiary/aromatic N) is 1. The Morgan fingerprint density at radius 1 is 1.15 bits per heavy atom. The van der Waals surface area contributed by atoms with Gasteiger partial charge in [-0.3, -0.25) is 0 Å². The average Bonchev–Trinajstić information content (AvgIpc) is 2.44. The number of anilines is 1. The molecule has 2 aromatic carbocycles. The fraction of sp³-hybridized carbons (Fsp3) is 0.294. The molecule has 20 heavy (non-hydrogen) atoms. The van der Waals surface area contributed by atoms with E-state index in [9.17, 15) is 5.11 Å². The Bertz CT molecular complexity index is 610. The number of hydrogen-bond donors (Lipinski definition) is 1. The maximum absolute atomic E-state index is 10.1. The molecule has 0 fully saturated rings. The standard InChI is InChI=1S/C17H22NOP/c1-5-18(4)14-8-6-7-13(3)17(14)20-16-11-12(2)9-10-15(16)19/h6-11,19-20H,5H2,1-4H3. The molecule has 0 aromatic heterocycles. The molecule has 0 aliphatic carbocycles. The van der Waals surface area contributed by atoms with Gasteiger partial charge >= 0.3 is 0 Å². The Morgan fingerprint density at radius 3 is 2.60 bits per heavy atom. The Labute approximate surface area is 123 Å². The van der Waals surface area contributed by atoms with Gasteiger partial charge in [0.25, 0.3) is 0 Å². The van der Waals surface area contributed by atoms with E-state index in [0.717, 1.165) is 11.8 Å². The van der Waals surface area contributed by atoms with Crippen molar-refractivity contribution < 1.29 is 5.11 Å². The number of aromatic hydroxyl groups is 1. The molecular formula is C17H22NOP. The molecule has 1 N–H and O–H groups in total. The Kier molecular flexibility index (Phi) is 4.67. The van der Waals surface area contributed by atoms with Gasteiger partial charge in [0.1, 0.15) is 5.75 Å². The van der Waals surface area contributed by atoms with Crippen molar-refractivity contribution in [1.82, 2.24) is 0 Å². The molecule has 0 heterocycles. The smallest absolute Gasteiger partial charge is 0.123 e. The van der Waals surface area contributed by atoms with Gasteiger partial charge in [-0.15, -0.1) is 0 Å². The first-order valence-electron chi connectivity index (χ1n) is 6.90. The molecule has 2 aromatic rings. The van der Waals surface area contributed by atoms with E-state index < -0.39 is 0 Å². The number of phenolic OH excluding ortho intramolecular Hbond substituents is 1. The maximum atomic E-state index is 10.1. The number of hydrogen-bond acceptors (Lipinski definition) is 2. The van der Waals surface area contributed by atoms with Crippen molar-refractivity contribution in [3.8, 4) is 5.75 Å². The van der Waals surface area contributed by atoms with Crippen LogP contribution in [0.15, 0.2) is 36.4 Å². The van der Waals surface area contributed by atoms with Gasteiger partial charge in [-0.2, -0.15) is 0 Å². The minimum atomic E-state index is 0.391. The van der Waals surface area contributed by atoms with Gasteiger partial charge in [-0.1, -0.05) is 32.3 Å². The second-order valence-electron chi connectivity index (χ2n) is 5.13. The number of phenols is 1. The van der Waals surface area contributed by atoms with Crippen molar-refractivity contribution in [2.45, 2.75) is 20.8 Å². The van der Waals surface area contributed by atoms with Crippen LogP contribution in [-0.4, -0.2) is 18.7 Å². The first-order chi connectivity index (χ1) is 9.52. The van der Waals surface area contributed by atoms with Crippen molar-refractivity contribution in [3.63, 3.8) is 0 Å². The molecule has 2 rings (SSSR count). The van der Waals surface area contributed by atoms with Crippen LogP contribution in [0.4, 0.5) is 5.69 Å². The largest absolute Gasteiger partial charge is 0.507 e. The molecule has 0 radical (unpaired) electrons. The van der Waals surface area contributed by atoms with Crippen LogP contribution in [-0.2, 0) is 0 Å². The van der Waals surface area contributed by atoms with Crippen LogP contribution in [0.3, 0.4) is 0 Å². The van der Waals surface area contributed by atoms with Gasteiger partial charge in [-0.05, 0) is 44.5 Å². The van der Waals surface area contributed by atoms with E-state index in [4.69, 9.17) is 0 Å². The lowest BCUT2D eigenvalue weighted by molar-refractivity contribution is 0.479. The van der Waals surface area contributed by atoms with Crippen LogP contribution < -0.4 is 15.5 Å². The third-order valence-corrected chi connectivity index (χ3v) is 5.12. The molecule has 0 saturated heterocycles. The first-order valence-corrected chi connectivity index (χ1v) is 7.90. The quantitative estimate of drug-likeness (QED) is 0.874. The van der Waals surface area contributed by atoms with Crippen molar-refractivity contribution in [3.05, 3.63) is 47.5 Å². The van der Waals surface area contributed by atoms with E-state index in [1.54, 1.807) is 6.07 Å². The summed E-state index contributed by atoms with van der Waals surface area (Å²) in [5.41, 5.74) is 3.72. The highest BCUT2D eigenvalue weighted by molar-refractivity contribution is 7.56. The minimum absolute atomic E-state index is 0.391. The molecule has 2 nitrogen and oxygen atoms in total.